The minimum Gasteiger partial charge on any atom is -0.359 e. The molecule has 0 aromatic heterocycles. The van der Waals surface area contributed by atoms with Crippen LogP contribution in [0.15, 0.2) is 20.1 Å². The predicted octanol–water partition coefficient (Wildman–Crippen LogP) is 4.82. The van der Waals surface area contributed by atoms with Gasteiger partial charge in [-0.1, -0.05) is 23.2 Å². The van der Waals surface area contributed by atoms with Crippen LogP contribution in [-0.4, -0.2) is 33.4 Å². The van der Waals surface area contributed by atoms with Crippen LogP contribution in [0.5, 0.6) is 0 Å². The minimum atomic E-state index is -0.338. The van der Waals surface area contributed by atoms with E-state index in [0.29, 0.717) is 5.70 Å². The van der Waals surface area contributed by atoms with Gasteiger partial charge in [0.1, 0.15) is 14.4 Å². The Labute approximate surface area is 143 Å². The molecule has 0 spiro atoms. The van der Waals surface area contributed by atoms with E-state index in [4.69, 9.17) is 23.2 Å². The van der Waals surface area contributed by atoms with E-state index in [9.17, 15) is 10.1 Å². The van der Waals surface area contributed by atoms with Gasteiger partial charge >= 0.3 is 5.70 Å². The van der Waals surface area contributed by atoms with Crippen molar-refractivity contribution in [2.24, 2.45) is 0 Å². The highest BCUT2D eigenvalue weighted by Crippen LogP contribution is 2.44. The van der Waals surface area contributed by atoms with Gasteiger partial charge < -0.3 is 4.90 Å². The molecule has 2 aliphatic rings. The fourth-order valence-corrected chi connectivity index (χ4v) is 5.74. The topological polar surface area (TPSA) is 46.4 Å². The molecule has 0 saturated carbocycles. The Balaban J connectivity index is 2.49. The fourth-order valence-electron chi connectivity index (χ4n) is 2.88. The van der Waals surface area contributed by atoms with E-state index < -0.39 is 0 Å². The largest absolute Gasteiger partial charge is 0.359 e. The zero-order valence-corrected chi connectivity index (χ0v) is 15.1. The summed E-state index contributed by atoms with van der Waals surface area (Å²) >= 11 is 15.2. The molecule has 2 rings (SSSR count). The zero-order chi connectivity index (χ0) is 15.6. The smallest absolute Gasteiger partial charge is 0.314 e. The number of thioether (sulfide) groups is 2. The summed E-state index contributed by atoms with van der Waals surface area (Å²) in [4.78, 5) is 13.3. The average Bonchev–Trinajstić information content (AvgIpc) is 2.90. The van der Waals surface area contributed by atoms with E-state index in [2.05, 4.69) is 13.8 Å². The van der Waals surface area contributed by atoms with Crippen LogP contribution in [0.2, 0.25) is 0 Å². The van der Waals surface area contributed by atoms with Crippen LogP contribution >= 0.6 is 46.7 Å². The van der Waals surface area contributed by atoms with E-state index in [0.717, 1.165) is 35.0 Å². The Hall–Kier alpha value is -0.0400. The first-order chi connectivity index (χ1) is 9.93. The van der Waals surface area contributed by atoms with Crippen LogP contribution in [0.25, 0.3) is 0 Å². The molecule has 2 atom stereocenters. The maximum atomic E-state index is 11.6. The molecular weight excluding hydrogens is 351 g/mol. The lowest BCUT2D eigenvalue weighted by Crippen LogP contribution is -2.44. The highest BCUT2D eigenvalue weighted by Gasteiger charge is 2.37. The molecule has 0 bridgehead atoms. The van der Waals surface area contributed by atoms with Crippen LogP contribution in [0.3, 0.4) is 0 Å². The third-order valence-electron chi connectivity index (χ3n) is 3.78. The lowest BCUT2D eigenvalue weighted by Gasteiger charge is -2.41. The highest BCUT2D eigenvalue weighted by molar-refractivity contribution is 8.25. The van der Waals surface area contributed by atoms with Crippen LogP contribution < -0.4 is 0 Å². The average molecular weight is 369 g/mol. The number of piperidine rings is 1. The molecule has 0 aliphatic carbocycles. The van der Waals surface area contributed by atoms with Crippen LogP contribution in [0.4, 0.5) is 0 Å². The molecule has 21 heavy (non-hydrogen) atoms. The molecular formula is C13H18Cl2N2O2S2. The second-order valence-corrected chi connectivity index (χ2v) is 8.65. The number of halogens is 2. The SMILES string of the molecule is C[C@@H]1CCC[C@H](C)N1C(=C(Cl)Cl)C(=C1SCCS1)[N+](=O)[O-]. The predicted molar refractivity (Wildman–Crippen MR) is 92.3 cm³/mol. The van der Waals surface area contributed by atoms with Crippen molar-refractivity contribution in [3.05, 3.63) is 30.2 Å². The second-order valence-electron chi connectivity index (χ2n) is 5.24. The van der Waals surface area contributed by atoms with Gasteiger partial charge in [-0.05, 0) is 33.1 Å². The highest BCUT2D eigenvalue weighted by atomic mass is 35.5. The number of likely N-dealkylation sites (tertiary alicyclic amines) is 1. The van der Waals surface area contributed by atoms with Crippen molar-refractivity contribution in [1.82, 2.24) is 4.90 Å². The summed E-state index contributed by atoms with van der Waals surface area (Å²) in [6.45, 7) is 4.15. The molecule has 0 unspecified atom stereocenters. The first-order valence-corrected chi connectivity index (χ1v) is 9.64. The monoisotopic (exact) mass is 368 g/mol. The molecule has 0 radical (unpaired) electrons. The van der Waals surface area contributed by atoms with Crippen molar-refractivity contribution in [3.8, 4) is 0 Å². The quantitative estimate of drug-likeness (QED) is 0.527. The van der Waals surface area contributed by atoms with Gasteiger partial charge in [-0.25, -0.2) is 0 Å². The van der Waals surface area contributed by atoms with Gasteiger partial charge in [-0.15, -0.1) is 23.5 Å². The first-order valence-electron chi connectivity index (χ1n) is 6.91. The fraction of sp³-hybridized carbons (Fsp3) is 0.692. The van der Waals surface area contributed by atoms with Gasteiger partial charge in [0, 0.05) is 23.6 Å². The van der Waals surface area contributed by atoms with Gasteiger partial charge in [0.05, 0.1) is 4.92 Å². The normalized spacial score (nSPS) is 25.9. The first kappa shape index (κ1) is 17.3. The molecule has 0 amide bonds. The molecule has 2 aliphatic heterocycles. The standard InChI is InChI=1S/C13H18Cl2N2O2S2/c1-8-4-3-5-9(2)16(8)10(12(14)15)11(17(18)19)13-20-6-7-21-13/h8-9H,3-7H2,1-2H3/t8-,9+. The van der Waals surface area contributed by atoms with E-state index in [-0.39, 0.29) is 27.2 Å². The van der Waals surface area contributed by atoms with Crippen molar-refractivity contribution in [1.29, 1.82) is 0 Å². The molecule has 2 saturated heterocycles. The third-order valence-corrected chi connectivity index (χ3v) is 6.83. The zero-order valence-electron chi connectivity index (χ0n) is 12.0. The summed E-state index contributed by atoms with van der Waals surface area (Å²) in [5.74, 6) is 1.77. The lowest BCUT2D eigenvalue weighted by atomic mass is 9.96. The Morgan fingerprint density at radius 1 is 1.24 bits per heavy atom. The van der Waals surface area contributed by atoms with Crippen molar-refractivity contribution in [3.63, 3.8) is 0 Å². The maximum absolute atomic E-state index is 11.6. The van der Waals surface area contributed by atoms with E-state index in [1.807, 2.05) is 4.90 Å². The number of nitro groups is 1. The molecule has 0 N–H and O–H groups in total. The van der Waals surface area contributed by atoms with Gasteiger partial charge in [-0.3, -0.25) is 10.1 Å². The maximum Gasteiger partial charge on any atom is 0.314 e. The van der Waals surface area contributed by atoms with Crippen LogP contribution in [0.1, 0.15) is 33.1 Å². The second kappa shape index (κ2) is 7.49. The van der Waals surface area contributed by atoms with Gasteiger partial charge in [0.15, 0.2) is 0 Å². The van der Waals surface area contributed by atoms with Crippen molar-refractivity contribution >= 4 is 46.7 Å². The number of hydrogen-bond acceptors (Lipinski definition) is 5. The molecule has 0 aromatic rings. The summed E-state index contributed by atoms with van der Waals surface area (Å²) in [6.07, 6.45) is 3.12. The van der Waals surface area contributed by atoms with Crippen molar-refractivity contribution in [2.45, 2.75) is 45.2 Å². The Kier molecular flexibility index (Phi) is 6.17. The van der Waals surface area contributed by atoms with Crippen LogP contribution in [0, 0.1) is 10.1 Å². The van der Waals surface area contributed by atoms with Gasteiger partial charge in [-0.2, -0.15) is 0 Å². The summed E-state index contributed by atoms with van der Waals surface area (Å²) in [5, 5.41) is 11.6. The Morgan fingerprint density at radius 3 is 2.19 bits per heavy atom. The molecule has 2 heterocycles. The number of rotatable bonds is 3. The van der Waals surface area contributed by atoms with E-state index >= 15 is 0 Å². The molecule has 0 aromatic carbocycles. The molecule has 8 heteroatoms. The molecule has 118 valence electrons. The Morgan fingerprint density at radius 2 is 1.76 bits per heavy atom. The van der Waals surface area contributed by atoms with Gasteiger partial charge in [0.25, 0.3) is 0 Å². The lowest BCUT2D eigenvalue weighted by molar-refractivity contribution is -0.423. The Bertz CT molecular complexity index is 475. The third kappa shape index (κ3) is 3.84. The molecule has 4 nitrogen and oxygen atoms in total. The van der Waals surface area contributed by atoms with Crippen LogP contribution in [-0.2, 0) is 0 Å². The summed E-state index contributed by atoms with van der Waals surface area (Å²) < 4.78 is 0.710. The van der Waals surface area contributed by atoms with Crippen molar-refractivity contribution < 1.29 is 4.92 Å². The number of hydrogen-bond donors (Lipinski definition) is 0. The van der Waals surface area contributed by atoms with Gasteiger partial charge in [0.2, 0.25) is 0 Å². The van der Waals surface area contributed by atoms with E-state index in [1.165, 1.54) is 23.5 Å². The molecule has 2 fully saturated rings. The van der Waals surface area contributed by atoms with E-state index in [1.54, 1.807) is 0 Å². The summed E-state index contributed by atoms with van der Waals surface area (Å²) in [6, 6.07) is 0.395. The summed E-state index contributed by atoms with van der Waals surface area (Å²) in [5.41, 5.74) is 0.461. The minimum absolute atomic E-state index is 0.0112. The van der Waals surface area contributed by atoms with Crippen molar-refractivity contribution in [2.75, 3.05) is 11.5 Å². The number of nitrogens with zero attached hydrogens (tertiary/aromatic N) is 2. The summed E-state index contributed by atoms with van der Waals surface area (Å²) in [7, 11) is 0.